The average Bonchev–Trinajstić information content (AvgIpc) is 2.47. The third-order valence-electron chi connectivity index (χ3n) is 3.48. The van der Waals surface area contributed by atoms with Gasteiger partial charge in [-0.3, -0.25) is 0 Å². The van der Waals surface area contributed by atoms with Crippen LogP contribution in [0.25, 0.3) is 0 Å². The van der Waals surface area contributed by atoms with Crippen LogP contribution in [0.5, 0.6) is 5.75 Å². The summed E-state index contributed by atoms with van der Waals surface area (Å²) in [5.41, 5.74) is 3.10. The molecule has 0 aliphatic rings. The average molecular weight is 349 g/mol. The van der Waals surface area contributed by atoms with E-state index in [0.29, 0.717) is 5.75 Å². The van der Waals surface area contributed by atoms with Gasteiger partial charge in [0.25, 0.3) is 0 Å². The Morgan fingerprint density at radius 3 is 2.62 bits per heavy atom. The number of anilines is 2. The van der Waals surface area contributed by atoms with Gasteiger partial charge in [0.05, 0.1) is 6.04 Å². The van der Waals surface area contributed by atoms with E-state index in [-0.39, 0.29) is 6.04 Å². The number of hydrogen-bond acceptors (Lipinski definition) is 3. The molecule has 0 bridgehead atoms. The minimum atomic E-state index is 0.0694. The molecule has 4 heteroatoms. The van der Waals surface area contributed by atoms with E-state index in [4.69, 9.17) is 0 Å². The Morgan fingerprint density at radius 1 is 1.19 bits per heavy atom. The monoisotopic (exact) mass is 348 g/mol. The number of nitrogens with zero attached hydrogens (tertiary/aromatic N) is 1. The third-order valence-corrected chi connectivity index (χ3v) is 3.97. The van der Waals surface area contributed by atoms with Gasteiger partial charge in [0.15, 0.2) is 0 Å². The highest BCUT2D eigenvalue weighted by Gasteiger charge is 2.14. The van der Waals surface area contributed by atoms with E-state index < -0.39 is 0 Å². The zero-order valence-corrected chi connectivity index (χ0v) is 14.2. The van der Waals surface area contributed by atoms with E-state index in [9.17, 15) is 5.11 Å². The van der Waals surface area contributed by atoms with Crippen LogP contribution in [0, 0.1) is 0 Å². The standard InChI is InChI=1S/C17H21BrN2O/c1-4-16(15-10-12(18)8-9-17(15)21)19-13-6-5-7-14(11-13)20(2)3/h5-11,16,19,21H,4H2,1-3H3. The van der Waals surface area contributed by atoms with Crippen LogP contribution >= 0.6 is 15.9 Å². The number of benzene rings is 2. The summed E-state index contributed by atoms with van der Waals surface area (Å²) in [4.78, 5) is 2.07. The molecule has 0 spiro atoms. The van der Waals surface area contributed by atoms with Gasteiger partial charge in [0, 0.05) is 35.5 Å². The second kappa shape index (κ2) is 6.85. The summed E-state index contributed by atoms with van der Waals surface area (Å²) in [5.74, 6) is 0.321. The maximum absolute atomic E-state index is 10.1. The van der Waals surface area contributed by atoms with Crippen LogP contribution in [-0.2, 0) is 0 Å². The summed E-state index contributed by atoms with van der Waals surface area (Å²) in [5, 5.41) is 13.6. The number of halogens is 1. The molecular weight excluding hydrogens is 328 g/mol. The van der Waals surface area contributed by atoms with Crippen molar-refractivity contribution >= 4 is 27.3 Å². The Morgan fingerprint density at radius 2 is 1.95 bits per heavy atom. The molecule has 0 aliphatic carbocycles. The van der Waals surface area contributed by atoms with Crippen LogP contribution in [-0.4, -0.2) is 19.2 Å². The number of aromatic hydroxyl groups is 1. The number of nitrogens with one attached hydrogen (secondary N) is 1. The van der Waals surface area contributed by atoms with Gasteiger partial charge in [0.2, 0.25) is 0 Å². The van der Waals surface area contributed by atoms with E-state index in [1.165, 1.54) is 0 Å². The lowest BCUT2D eigenvalue weighted by molar-refractivity contribution is 0.462. The molecule has 2 N–H and O–H groups in total. The molecule has 2 rings (SSSR count). The van der Waals surface area contributed by atoms with Crippen LogP contribution < -0.4 is 10.2 Å². The minimum absolute atomic E-state index is 0.0694. The Kier molecular flexibility index (Phi) is 5.12. The molecule has 0 fully saturated rings. The first-order valence-electron chi connectivity index (χ1n) is 7.03. The Balaban J connectivity index is 2.27. The summed E-state index contributed by atoms with van der Waals surface area (Å²) in [6.45, 7) is 2.10. The first kappa shape index (κ1) is 15.7. The fourth-order valence-corrected chi connectivity index (χ4v) is 2.66. The van der Waals surface area contributed by atoms with Crippen LogP contribution in [0.4, 0.5) is 11.4 Å². The van der Waals surface area contributed by atoms with E-state index in [1.54, 1.807) is 6.07 Å². The van der Waals surface area contributed by atoms with Crippen molar-refractivity contribution in [2.24, 2.45) is 0 Å². The van der Waals surface area contributed by atoms with Gasteiger partial charge in [-0.2, -0.15) is 0 Å². The van der Waals surface area contributed by atoms with Gasteiger partial charge in [-0.15, -0.1) is 0 Å². The Hall–Kier alpha value is -1.68. The van der Waals surface area contributed by atoms with E-state index in [1.807, 2.05) is 38.4 Å². The molecule has 112 valence electrons. The predicted octanol–water partition coefficient (Wildman–Crippen LogP) is 4.78. The SMILES string of the molecule is CCC(Nc1cccc(N(C)C)c1)c1cc(Br)ccc1O. The summed E-state index contributed by atoms with van der Waals surface area (Å²) < 4.78 is 0.970. The fraction of sp³-hybridized carbons (Fsp3) is 0.294. The molecule has 2 aromatic carbocycles. The van der Waals surface area contributed by atoms with Crippen molar-refractivity contribution in [1.29, 1.82) is 0 Å². The topological polar surface area (TPSA) is 35.5 Å². The molecule has 0 saturated heterocycles. The number of rotatable bonds is 5. The van der Waals surface area contributed by atoms with E-state index >= 15 is 0 Å². The fourth-order valence-electron chi connectivity index (χ4n) is 2.28. The van der Waals surface area contributed by atoms with Crippen molar-refractivity contribution in [3.63, 3.8) is 0 Å². The zero-order chi connectivity index (χ0) is 15.4. The zero-order valence-electron chi connectivity index (χ0n) is 12.6. The van der Waals surface area contributed by atoms with Crippen molar-refractivity contribution in [2.75, 3.05) is 24.3 Å². The molecule has 21 heavy (non-hydrogen) atoms. The van der Waals surface area contributed by atoms with Gasteiger partial charge in [-0.05, 0) is 42.8 Å². The second-order valence-corrected chi connectivity index (χ2v) is 6.17. The molecule has 2 aromatic rings. The van der Waals surface area contributed by atoms with Gasteiger partial charge in [-0.1, -0.05) is 28.9 Å². The molecule has 0 heterocycles. The second-order valence-electron chi connectivity index (χ2n) is 5.25. The van der Waals surface area contributed by atoms with E-state index in [2.05, 4.69) is 45.2 Å². The lowest BCUT2D eigenvalue weighted by atomic mass is 10.0. The molecule has 0 amide bonds. The lowest BCUT2D eigenvalue weighted by Gasteiger charge is -2.21. The third kappa shape index (κ3) is 3.91. The largest absolute Gasteiger partial charge is 0.508 e. The van der Waals surface area contributed by atoms with Crippen molar-refractivity contribution in [3.05, 3.63) is 52.5 Å². The van der Waals surface area contributed by atoms with E-state index in [0.717, 1.165) is 27.8 Å². The highest BCUT2D eigenvalue weighted by Crippen LogP contribution is 2.32. The number of hydrogen-bond donors (Lipinski definition) is 2. The molecule has 0 aromatic heterocycles. The number of phenolic OH excluding ortho intramolecular Hbond substituents is 1. The van der Waals surface area contributed by atoms with Crippen molar-refractivity contribution < 1.29 is 5.11 Å². The van der Waals surface area contributed by atoms with Crippen LogP contribution in [0.15, 0.2) is 46.9 Å². The maximum Gasteiger partial charge on any atom is 0.120 e. The smallest absolute Gasteiger partial charge is 0.120 e. The quantitative estimate of drug-likeness (QED) is 0.815. The van der Waals surface area contributed by atoms with Crippen molar-refractivity contribution in [2.45, 2.75) is 19.4 Å². The van der Waals surface area contributed by atoms with Gasteiger partial charge >= 0.3 is 0 Å². The van der Waals surface area contributed by atoms with Gasteiger partial charge < -0.3 is 15.3 Å². The van der Waals surface area contributed by atoms with Crippen molar-refractivity contribution in [1.82, 2.24) is 0 Å². The Labute approximate surface area is 134 Å². The molecule has 0 saturated carbocycles. The first-order chi connectivity index (χ1) is 10.0. The molecule has 1 unspecified atom stereocenters. The highest BCUT2D eigenvalue weighted by molar-refractivity contribution is 9.10. The molecule has 3 nitrogen and oxygen atoms in total. The van der Waals surface area contributed by atoms with Crippen LogP contribution in [0.2, 0.25) is 0 Å². The number of phenols is 1. The molecule has 0 aliphatic heterocycles. The molecule has 0 radical (unpaired) electrons. The minimum Gasteiger partial charge on any atom is -0.508 e. The Bertz CT molecular complexity index is 613. The first-order valence-corrected chi connectivity index (χ1v) is 7.83. The predicted molar refractivity (Wildman–Crippen MR) is 93.2 cm³/mol. The summed E-state index contributed by atoms with van der Waals surface area (Å²) in [6.07, 6.45) is 0.885. The highest BCUT2D eigenvalue weighted by atomic mass is 79.9. The molecular formula is C17H21BrN2O. The normalized spacial score (nSPS) is 12.0. The summed E-state index contributed by atoms with van der Waals surface area (Å²) in [7, 11) is 4.05. The van der Waals surface area contributed by atoms with Crippen LogP contribution in [0.3, 0.4) is 0 Å². The van der Waals surface area contributed by atoms with Gasteiger partial charge in [0.1, 0.15) is 5.75 Å². The summed E-state index contributed by atoms with van der Waals surface area (Å²) >= 11 is 3.46. The van der Waals surface area contributed by atoms with Gasteiger partial charge in [-0.25, -0.2) is 0 Å². The van der Waals surface area contributed by atoms with Crippen LogP contribution in [0.1, 0.15) is 24.9 Å². The van der Waals surface area contributed by atoms with Crippen molar-refractivity contribution in [3.8, 4) is 5.75 Å². The lowest BCUT2D eigenvalue weighted by Crippen LogP contribution is -2.12. The maximum atomic E-state index is 10.1. The summed E-state index contributed by atoms with van der Waals surface area (Å²) in [6, 6.07) is 13.9. The molecule has 1 atom stereocenters.